The zero-order valence-corrected chi connectivity index (χ0v) is 16.1. The number of hydrogen-bond donors (Lipinski definition) is 4. The van der Waals surface area contributed by atoms with Gasteiger partial charge in [-0.3, -0.25) is 14.1 Å². The van der Waals surface area contributed by atoms with Gasteiger partial charge in [-0.25, -0.2) is 14.1 Å². The van der Waals surface area contributed by atoms with Crippen molar-refractivity contribution in [3.05, 3.63) is 11.1 Å². The van der Waals surface area contributed by atoms with E-state index in [4.69, 9.17) is 15.4 Å². The molecule has 1 aromatic rings. The number of nitrogens with two attached hydrogens (primary N) is 1. The van der Waals surface area contributed by atoms with Gasteiger partial charge in [-0.05, 0) is 0 Å². The van der Waals surface area contributed by atoms with Gasteiger partial charge >= 0.3 is 16.3 Å². The van der Waals surface area contributed by atoms with E-state index in [2.05, 4.69) is 30.3 Å². The first-order valence-electron chi connectivity index (χ1n) is 7.38. The number of aromatic nitrogens is 1. The van der Waals surface area contributed by atoms with Crippen molar-refractivity contribution in [1.29, 1.82) is 0 Å². The number of carbonyl (C=O) groups excluding carboxylic acids is 2. The Morgan fingerprint density at radius 3 is 2.72 bits per heavy atom. The molecule has 2 rings (SSSR count). The minimum atomic E-state index is -4.96. The fourth-order valence-corrected chi connectivity index (χ4v) is 3.64. The summed E-state index contributed by atoms with van der Waals surface area (Å²) >= 11 is 1.01. The average molecular weight is 450 g/mol. The van der Waals surface area contributed by atoms with E-state index in [-0.39, 0.29) is 20.8 Å². The molecule has 15 nitrogen and oxygen atoms in total. The van der Waals surface area contributed by atoms with E-state index in [9.17, 15) is 22.8 Å². The average Bonchev–Trinajstić information content (AvgIpc) is 3.04. The Morgan fingerprint density at radius 1 is 1.52 bits per heavy atom. The lowest BCUT2D eigenvalue weighted by Crippen LogP contribution is -2.73. The number of β-lactam (4-membered cyclic amide) rings is 1. The van der Waals surface area contributed by atoms with Gasteiger partial charge < -0.3 is 25.8 Å². The molecule has 0 aromatic carbocycles. The van der Waals surface area contributed by atoms with Crippen LogP contribution in [0.5, 0.6) is 0 Å². The maximum absolute atomic E-state index is 12.5. The Kier molecular flexibility index (Phi) is 6.67. The van der Waals surface area contributed by atoms with Crippen molar-refractivity contribution < 1.29 is 42.1 Å². The lowest BCUT2D eigenvalue weighted by Gasteiger charge is -2.43. The highest BCUT2D eigenvalue weighted by Crippen LogP contribution is 2.24. The summed E-state index contributed by atoms with van der Waals surface area (Å²) in [6.07, 6.45) is 0.377. The normalized spacial score (nSPS) is 19.7. The molecule has 0 bridgehead atoms. The van der Waals surface area contributed by atoms with Crippen molar-refractivity contribution >= 4 is 56.5 Å². The second-order valence-electron chi connectivity index (χ2n) is 5.19. The van der Waals surface area contributed by atoms with E-state index in [0.717, 1.165) is 18.4 Å². The second kappa shape index (κ2) is 8.80. The first-order chi connectivity index (χ1) is 13.6. The lowest BCUT2D eigenvalue weighted by molar-refractivity contribution is -0.147. The SMILES string of the molecule is CON=C(C(=O)NC1C(=O)N(S(=O)(=O)O)C1CON=CC(=O)O)c1csc(N)n1. The predicted molar refractivity (Wildman–Crippen MR) is 96.3 cm³/mol. The highest BCUT2D eigenvalue weighted by Gasteiger charge is 2.54. The molecule has 1 fully saturated rings. The number of hydrogen-bond acceptors (Lipinski definition) is 12. The van der Waals surface area contributed by atoms with Crippen LogP contribution in [-0.4, -0.2) is 82.9 Å². The summed E-state index contributed by atoms with van der Waals surface area (Å²) in [7, 11) is -3.80. The number of carboxylic acids is 1. The molecule has 0 saturated carbocycles. The van der Waals surface area contributed by atoms with Crippen LogP contribution in [0.3, 0.4) is 0 Å². The number of nitrogens with one attached hydrogen (secondary N) is 1. The van der Waals surface area contributed by atoms with Gasteiger partial charge in [0.15, 0.2) is 17.1 Å². The lowest BCUT2D eigenvalue weighted by atomic mass is 9.99. The molecular formula is C12H14N6O9S2. The number of nitrogens with zero attached hydrogens (tertiary/aromatic N) is 4. The molecule has 158 valence electrons. The van der Waals surface area contributed by atoms with Gasteiger partial charge in [0.2, 0.25) is 0 Å². The van der Waals surface area contributed by atoms with Crippen molar-refractivity contribution in [2.24, 2.45) is 10.3 Å². The minimum absolute atomic E-state index is 0.0455. The molecule has 1 aliphatic rings. The van der Waals surface area contributed by atoms with Gasteiger partial charge in [0.25, 0.3) is 11.8 Å². The van der Waals surface area contributed by atoms with Gasteiger partial charge in [-0.2, -0.15) is 8.42 Å². The number of anilines is 1. The number of oxime groups is 2. The van der Waals surface area contributed by atoms with Gasteiger partial charge in [0, 0.05) is 5.38 Å². The van der Waals surface area contributed by atoms with Crippen molar-refractivity contribution in [2.75, 3.05) is 19.5 Å². The van der Waals surface area contributed by atoms with E-state index in [1.807, 2.05) is 0 Å². The number of amides is 2. The second-order valence-corrected chi connectivity index (χ2v) is 7.37. The predicted octanol–water partition coefficient (Wildman–Crippen LogP) is -2.34. The molecule has 1 saturated heterocycles. The zero-order chi connectivity index (χ0) is 21.8. The van der Waals surface area contributed by atoms with Gasteiger partial charge in [0.05, 0.1) is 0 Å². The largest absolute Gasteiger partial charge is 0.477 e. The topological polar surface area (TPSA) is 223 Å². The van der Waals surface area contributed by atoms with Crippen molar-refractivity contribution in [2.45, 2.75) is 12.1 Å². The molecule has 1 aliphatic heterocycles. The number of rotatable bonds is 9. The summed E-state index contributed by atoms with van der Waals surface area (Å²) in [6.45, 7) is -0.652. The molecular weight excluding hydrogens is 436 g/mol. The molecule has 1 aromatic heterocycles. The summed E-state index contributed by atoms with van der Waals surface area (Å²) < 4.78 is 31.9. The fourth-order valence-electron chi connectivity index (χ4n) is 2.23. The van der Waals surface area contributed by atoms with Gasteiger partial charge in [0.1, 0.15) is 31.5 Å². The Morgan fingerprint density at radius 2 is 2.21 bits per heavy atom. The van der Waals surface area contributed by atoms with Crippen LogP contribution in [0.1, 0.15) is 5.69 Å². The smallest absolute Gasteiger partial charge is 0.362 e. The Bertz CT molecular complexity index is 972. The van der Waals surface area contributed by atoms with Crippen LogP contribution in [0.4, 0.5) is 5.13 Å². The molecule has 0 radical (unpaired) electrons. The molecule has 29 heavy (non-hydrogen) atoms. The Labute approximate surface area is 166 Å². The Balaban J connectivity index is 2.19. The number of aliphatic carboxylic acids is 1. The van der Waals surface area contributed by atoms with Crippen LogP contribution in [0.2, 0.25) is 0 Å². The first kappa shape index (κ1) is 22.0. The standard InChI is InChI=1S/C12H14N6O9S2/c1-26-17-8(5-4-28-12(13)15-5)10(21)16-9-6(3-27-14-2-7(19)20)18(11(9)22)29(23,24)25/h2,4,6,9H,3H2,1H3,(H2,13,15)(H,16,21)(H,19,20)(H,23,24,25). The summed E-state index contributed by atoms with van der Waals surface area (Å²) in [5.41, 5.74) is 5.20. The fraction of sp³-hybridized carbons (Fsp3) is 0.333. The van der Waals surface area contributed by atoms with E-state index < -0.39 is 46.8 Å². The van der Waals surface area contributed by atoms with Crippen LogP contribution in [-0.2, 0) is 34.4 Å². The molecule has 2 amide bonds. The number of carboxylic acid groups (broad SMARTS) is 1. The summed E-state index contributed by atoms with van der Waals surface area (Å²) in [6, 6.07) is -2.86. The van der Waals surface area contributed by atoms with E-state index >= 15 is 0 Å². The third-order valence-corrected chi connectivity index (χ3v) is 4.97. The van der Waals surface area contributed by atoms with Crippen molar-refractivity contribution in [3.63, 3.8) is 0 Å². The molecule has 0 aliphatic carbocycles. The third kappa shape index (κ3) is 5.15. The third-order valence-electron chi connectivity index (χ3n) is 3.35. The van der Waals surface area contributed by atoms with Crippen molar-refractivity contribution in [3.8, 4) is 0 Å². The maximum Gasteiger partial charge on any atom is 0.362 e. The quantitative estimate of drug-likeness (QED) is 0.135. The molecule has 0 spiro atoms. The van der Waals surface area contributed by atoms with E-state index in [0.29, 0.717) is 6.21 Å². The zero-order valence-electron chi connectivity index (χ0n) is 14.5. The highest BCUT2D eigenvalue weighted by molar-refractivity contribution is 7.84. The van der Waals surface area contributed by atoms with Crippen LogP contribution in [0.25, 0.3) is 0 Å². The summed E-state index contributed by atoms with van der Waals surface area (Å²) in [5.74, 6) is -3.55. The van der Waals surface area contributed by atoms with E-state index in [1.54, 1.807) is 0 Å². The van der Waals surface area contributed by atoms with Gasteiger partial charge in [-0.1, -0.05) is 10.3 Å². The van der Waals surface area contributed by atoms with E-state index in [1.165, 1.54) is 5.38 Å². The van der Waals surface area contributed by atoms with Crippen molar-refractivity contribution in [1.82, 2.24) is 14.6 Å². The molecule has 5 N–H and O–H groups in total. The van der Waals surface area contributed by atoms with Crippen LogP contribution < -0.4 is 11.1 Å². The van der Waals surface area contributed by atoms with Crippen LogP contribution >= 0.6 is 11.3 Å². The number of thiazole rings is 1. The molecule has 2 heterocycles. The monoisotopic (exact) mass is 450 g/mol. The Hall–Kier alpha value is -3.31. The minimum Gasteiger partial charge on any atom is -0.477 e. The molecule has 2 unspecified atom stereocenters. The first-order valence-corrected chi connectivity index (χ1v) is 9.66. The molecule has 17 heteroatoms. The van der Waals surface area contributed by atoms with Gasteiger partial charge in [-0.15, -0.1) is 11.3 Å². The highest BCUT2D eigenvalue weighted by atomic mass is 32.2. The number of nitrogen functional groups attached to an aromatic ring is 1. The van der Waals surface area contributed by atoms with Crippen LogP contribution in [0.15, 0.2) is 15.7 Å². The molecule has 2 atom stereocenters. The maximum atomic E-state index is 12.5. The number of carbonyl (C=O) groups is 3. The summed E-state index contributed by atoms with van der Waals surface area (Å²) in [5, 5.41) is 18.8. The summed E-state index contributed by atoms with van der Waals surface area (Å²) in [4.78, 5) is 48.0. The van der Waals surface area contributed by atoms with Crippen LogP contribution in [0, 0.1) is 0 Å².